The number of hydrogen-bond donors (Lipinski definition) is 0. The highest BCUT2D eigenvalue weighted by Crippen LogP contribution is 2.31. The maximum Gasteiger partial charge on any atom is 0.265 e. The van der Waals surface area contributed by atoms with Crippen molar-refractivity contribution in [3.05, 3.63) is 54.4 Å². The van der Waals surface area contributed by atoms with Gasteiger partial charge in [-0.3, -0.25) is 14.6 Å². The number of alkyl halides is 2. The topological polar surface area (TPSA) is 74.1 Å². The Hall–Kier alpha value is -3.14. The Morgan fingerprint density at radius 3 is 2.68 bits per heavy atom. The predicted molar refractivity (Wildman–Crippen MR) is 98.5 cm³/mol. The number of carbonyl (C=O) groups is 2. The van der Waals surface area contributed by atoms with E-state index >= 15 is 0 Å². The Labute approximate surface area is 161 Å². The first-order valence-electron chi connectivity index (χ1n) is 9.01. The minimum absolute atomic E-state index is 0.0638. The molecule has 1 aromatic carbocycles. The molecule has 2 heterocycles. The molecule has 1 atom stereocenters. The molecule has 1 aliphatic heterocycles. The zero-order valence-corrected chi connectivity index (χ0v) is 15.1. The number of aromatic nitrogens is 1. The average molecular weight is 383 g/mol. The molecular weight excluding hydrogens is 364 g/mol. The van der Waals surface area contributed by atoms with Gasteiger partial charge in [0.15, 0.2) is 5.78 Å². The molecule has 0 saturated carbocycles. The Morgan fingerprint density at radius 2 is 1.96 bits per heavy atom. The molecule has 0 bridgehead atoms. The van der Waals surface area contributed by atoms with Gasteiger partial charge < -0.3 is 4.90 Å². The monoisotopic (exact) mass is 383 g/mol. The van der Waals surface area contributed by atoms with Crippen molar-refractivity contribution in [2.24, 2.45) is 0 Å². The lowest BCUT2D eigenvalue weighted by Crippen LogP contribution is -2.51. The highest BCUT2D eigenvalue weighted by atomic mass is 19.3. The number of likely N-dealkylation sites (tertiary alicyclic amines) is 1. The molecule has 0 unspecified atom stereocenters. The summed E-state index contributed by atoms with van der Waals surface area (Å²) in [5.41, 5.74) is 1.90. The third-order valence-corrected chi connectivity index (χ3v) is 4.80. The van der Waals surface area contributed by atoms with Crippen molar-refractivity contribution in [1.29, 1.82) is 5.26 Å². The van der Waals surface area contributed by atoms with Crippen molar-refractivity contribution in [1.82, 2.24) is 9.88 Å². The minimum atomic E-state index is -3.00. The Morgan fingerprint density at radius 1 is 1.21 bits per heavy atom. The van der Waals surface area contributed by atoms with E-state index in [2.05, 4.69) is 4.98 Å². The Kier molecular flexibility index (Phi) is 5.78. The van der Waals surface area contributed by atoms with E-state index in [9.17, 15) is 18.4 Å². The van der Waals surface area contributed by atoms with Crippen molar-refractivity contribution >= 4 is 11.7 Å². The van der Waals surface area contributed by atoms with Gasteiger partial charge in [0, 0.05) is 42.8 Å². The van der Waals surface area contributed by atoms with E-state index in [1.165, 1.54) is 6.20 Å². The number of hydrogen-bond acceptors (Lipinski definition) is 4. The molecular formula is C21H19F2N3O2. The van der Waals surface area contributed by atoms with E-state index in [-0.39, 0.29) is 25.0 Å². The first-order chi connectivity index (χ1) is 13.4. The summed E-state index contributed by atoms with van der Waals surface area (Å²) in [4.78, 5) is 30.1. The zero-order valence-electron chi connectivity index (χ0n) is 15.1. The van der Waals surface area contributed by atoms with Crippen molar-refractivity contribution in [2.45, 2.75) is 37.6 Å². The van der Waals surface area contributed by atoms with E-state index in [0.717, 1.165) is 10.5 Å². The fourth-order valence-electron chi connectivity index (χ4n) is 3.32. The largest absolute Gasteiger partial charge is 0.321 e. The van der Waals surface area contributed by atoms with Crippen molar-refractivity contribution < 1.29 is 18.4 Å². The maximum absolute atomic E-state index is 13.7. The van der Waals surface area contributed by atoms with Crippen LogP contribution in [0.4, 0.5) is 8.78 Å². The number of ketones is 1. The summed E-state index contributed by atoms with van der Waals surface area (Å²) in [6.45, 7) is -0.775. The fourth-order valence-corrected chi connectivity index (χ4v) is 3.32. The molecule has 5 nitrogen and oxygen atoms in total. The van der Waals surface area contributed by atoms with Gasteiger partial charge in [0.05, 0.1) is 12.6 Å². The number of amides is 1. The quantitative estimate of drug-likeness (QED) is 0.735. The van der Waals surface area contributed by atoms with Crippen LogP contribution in [0.3, 0.4) is 0 Å². The van der Waals surface area contributed by atoms with Gasteiger partial charge in [-0.1, -0.05) is 30.3 Å². The fraction of sp³-hybridized carbons (Fsp3) is 0.333. The molecule has 1 fully saturated rings. The average Bonchev–Trinajstić information content (AvgIpc) is 2.71. The van der Waals surface area contributed by atoms with Crippen LogP contribution in [0, 0.1) is 11.3 Å². The molecule has 1 aliphatic rings. The summed E-state index contributed by atoms with van der Waals surface area (Å²) in [6.07, 6.45) is 2.27. The molecule has 28 heavy (non-hydrogen) atoms. The lowest BCUT2D eigenvalue weighted by Gasteiger charge is -2.36. The number of rotatable bonds is 5. The van der Waals surface area contributed by atoms with Crippen LogP contribution in [-0.4, -0.2) is 40.1 Å². The van der Waals surface area contributed by atoms with Gasteiger partial charge in [-0.25, -0.2) is 8.78 Å². The lowest BCUT2D eigenvalue weighted by atomic mass is 9.96. The number of nitrogens with zero attached hydrogens (tertiary/aromatic N) is 3. The highest BCUT2D eigenvalue weighted by Gasteiger charge is 2.42. The van der Waals surface area contributed by atoms with Crippen molar-refractivity contribution in [3.63, 3.8) is 0 Å². The van der Waals surface area contributed by atoms with E-state index in [1.54, 1.807) is 12.3 Å². The second-order valence-corrected chi connectivity index (χ2v) is 6.77. The lowest BCUT2D eigenvalue weighted by molar-refractivity contribution is -0.144. The highest BCUT2D eigenvalue weighted by molar-refractivity contribution is 6.03. The molecule has 3 rings (SSSR count). The molecule has 2 aromatic rings. The summed E-state index contributed by atoms with van der Waals surface area (Å²) in [6, 6.07) is 11.9. The number of nitriles is 1. The molecule has 1 saturated heterocycles. The molecule has 0 radical (unpaired) electrons. The van der Waals surface area contributed by atoms with Gasteiger partial charge in [-0.2, -0.15) is 5.26 Å². The zero-order chi connectivity index (χ0) is 20.1. The van der Waals surface area contributed by atoms with Gasteiger partial charge in [0.25, 0.3) is 5.92 Å². The van der Waals surface area contributed by atoms with Gasteiger partial charge >= 0.3 is 0 Å². The number of carbonyl (C=O) groups excluding carboxylic acids is 2. The smallest absolute Gasteiger partial charge is 0.265 e. The summed E-state index contributed by atoms with van der Waals surface area (Å²) in [5, 5.41) is 9.14. The van der Waals surface area contributed by atoms with E-state index in [1.807, 2.05) is 36.4 Å². The first kappa shape index (κ1) is 19.6. The van der Waals surface area contributed by atoms with Crippen molar-refractivity contribution in [2.75, 3.05) is 6.54 Å². The second kappa shape index (κ2) is 8.26. The second-order valence-electron chi connectivity index (χ2n) is 6.77. The SMILES string of the molecule is N#C[C@@H]1CCC(F)(F)CN1C(=O)CCC(=O)c1ccncc1-c1ccccc1. The van der Waals surface area contributed by atoms with Crippen LogP contribution in [0.15, 0.2) is 48.8 Å². The minimum Gasteiger partial charge on any atom is -0.321 e. The third kappa shape index (κ3) is 4.39. The number of piperidine rings is 1. The van der Waals surface area contributed by atoms with Crippen LogP contribution >= 0.6 is 0 Å². The summed E-state index contributed by atoms with van der Waals surface area (Å²) >= 11 is 0. The van der Waals surface area contributed by atoms with Gasteiger partial charge in [0.2, 0.25) is 5.91 Å². The first-order valence-corrected chi connectivity index (χ1v) is 9.01. The summed E-state index contributed by atoms with van der Waals surface area (Å²) < 4.78 is 27.3. The van der Waals surface area contributed by atoms with Gasteiger partial charge in [0.1, 0.15) is 6.04 Å². The Bertz CT molecular complexity index is 909. The molecule has 1 amide bonds. The molecule has 144 valence electrons. The van der Waals surface area contributed by atoms with Crippen molar-refractivity contribution in [3.8, 4) is 17.2 Å². The van der Waals surface area contributed by atoms with Crippen LogP contribution < -0.4 is 0 Å². The van der Waals surface area contributed by atoms with Crippen LogP contribution in [0.5, 0.6) is 0 Å². The number of benzene rings is 1. The maximum atomic E-state index is 13.7. The molecule has 7 heteroatoms. The van der Waals surface area contributed by atoms with Crippen LogP contribution in [0.2, 0.25) is 0 Å². The van der Waals surface area contributed by atoms with Gasteiger partial charge in [-0.15, -0.1) is 0 Å². The molecule has 0 spiro atoms. The van der Waals surface area contributed by atoms with E-state index < -0.39 is 30.8 Å². The van der Waals surface area contributed by atoms with Gasteiger partial charge in [-0.05, 0) is 18.1 Å². The van der Waals surface area contributed by atoms with Crippen LogP contribution in [0.25, 0.3) is 11.1 Å². The summed E-state index contributed by atoms with van der Waals surface area (Å²) in [7, 11) is 0. The number of Topliss-reactive ketones (excluding diaryl/α,β-unsaturated/α-hetero) is 1. The third-order valence-electron chi connectivity index (χ3n) is 4.80. The normalized spacial score (nSPS) is 18.3. The predicted octanol–water partition coefficient (Wildman–Crippen LogP) is 3.86. The van der Waals surface area contributed by atoms with E-state index in [0.29, 0.717) is 11.1 Å². The van der Waals surface area contributed by atoms with E-state index in [4.69, 9.17) is 5.26 Å². The van der Waals surface area contributed by atoms with Crippen LogP contribution in [0.1, 0.15) is 36.0 Å². The number of halogens is 2. The Balaban J connectivity index is 1.71. The summed E-state index contributed by atoms with van der Waals surface area (Å²) in [5.74, 6) is -3.88. The number of pyridine rings is 1. The standard InChI is InChI=1S/C21H19F2N3O2/c22-21(23)10-8-16(12-24)26(14-21)20(28)7-6-19(27)17-9-11-25-13-18(17)15-4-2-1-3-5-15/h1-5,9,11,13,16H,6-8,10,14H2/t16-/m0/s1. The molecule has 0 N–H and O–H groups in total. The molecule has 0 aliphatic carbocycles. The van der Waals surface area contributed by atoms with Crippen LogP contribution in [-0.2, 0) is 4.79 Å². The molecule has 1 aromatic heterocycles.